The van der Waals surface area contributed by atoms with E-state index in [1.165, 1.54) is 12.1 Å². The van der Waals surface area contributed by atoms with Crippen LogP contribution in [0.25, 0.3) is 10.9 Å². The smallest absolute Gasteiger partial charge is 0.230 e. The molecule has 3 heterocycles. The Morgan fingerprint density at radius 1 is 1.42 bits per heavy atom. The summed E-state index contributed by atoms with van der Waals surface area (Å²) in [5.41, 5.74) is 1.71. The van der Waals surface area contributed by atoms with E-state index in [1.54, 1.807) is 16.9 Å². The van der Waals surface area contributed by atoms with Crippen LogP contribution in [0.4, 0.5) is 10.2 Å². The average molecular weight is 328 g/mol. The van der Waals surface area contributed by atoms with Crippen LogP contribution in [0.3, 0.4) is 0 Å². The lowest BCUT2D eigenvalue weighted by molar-refractivity contribution is -0.119. The van der Waals surface area contributed by atoms with Gasteiger partial charge in [-0.15, -0.1) is 0 Å². The van der Waals surface area contributed by atoms with Gasteiger partial charge in [0.05, 0.1) is 17.6 Å². The van der Waals surface area contributed by atoms with Crippen molar-refractivity contribution in [3.63, 3.8) is 0 Å². The van der Waals surface area contributed by atoms with Gasteiger partial charge in [-0.05, 0) is 23.8 Å². The molecule has 4 rings (SSSR count). The van der Waals surface area contributed by atoms with Gasteiger partial charge in [0, 0.05) is 37.6 Å². The van der Waals surface area contributed by atoms with Crippen molar-refractivity contribution in [2.45, 2.75) is 5.92 Å². The summed E-state index contributed by atoms with van der Waals surface area (Å²) in [5, 5.41) is 17.7. The Labute approximate surface area is 137 Å². The molecule has 7 nitrogen and oxygen atoms in total. The van der Waals surface area contributed by atoms with Crippen LogP contribution in [0.2, 0.25) is 0 Å². The predicted molar refractivity (Wildman–Crippen MR) is 87.0 cm³/mol. The lowest BCUT2D eigenvalue weighted by Gasteiger charge is -2.16. The minimum atomic E-state index is -0.366. The molecule has 24 heavy (non-hydrogen) atoms. The molecule has 1 fully saturated rings. The number of aryl methyl sites for hydroxylation is 1. The van der Waals surface area contributed by atoms with Crippen LogP contribution in [0.5, 0.6) is 0 Å². The highest BCUT2D eigenvalue weighted by Crippen LogP contribution is 2.29. The summed E-state index contributed by atoms with van der Waals surface area (Å²) in [6, 6.07) is 4.31. The Morgan fingerprint density at radius 3 is 3.08 bits per heavy atom. The van der Waals surface area contributed by atoms with Crippen molar-refractivity contribution in [2.75, 3.05) is 18.4 Å². The predicted octanol–water partition coefficient (Wildman–Crippen LogP) is 1.38. The molecule has 2 atom stereocenters. The van der Waals surface area contributed by atoms with Gasteiger partial charge in [0.1, 0.15) is 5.82 Å². The summed E-state index contributed by atoms with van der Waals surface area (Å²) >= 11 is 0. The number of fused-ring (bicyclic) bond motifs is 1. The van der Waals surface area contributed by atoms with E-state index in [0.29, 0.717) is 23.3 Å². The Bertz CT molecular complexity index is 901. The number of amides is 1. The van der Waals surface area contributed by atoms with Gasteiger partial charge in [-0.25, -0.2) is 4.39 Å². The van der Waals surface area contributed by atoms with Gasteiger partial charge >= 0.3 is 0 Å². The maximum absolute atomic E-state index is 13.4. The lowest BCUT2D eigenvalue weighted by Crippen LogP contribution is -2.28. The maximum atomic E-state index is 13.4. The standard InChI is InChI=1S/C16H17FN6O/c1-23-8-9(5-19-23)12-6-18-7-13(12)16(24)20-15-11-4-10(17)2-3-14(11)21-22-15/h2-5,8,12-13,18H,6-7H2,1H3,(H2,20,21,22,24)/t12-,13+/m1/s1. The Hall–Kier alpha value is -2.74. The number of hydrogen-bond donors (Lipinski definition) is 3. The number of aromatic nitrogens is 4. The molecule has 0 spiro atoms. The third kappa shape index (κ3) is 2.54. The number of aromatic amines is 1. The van der Waals surface area contributed by atoms with Crippen LogP contribution in [0.15, 0.2) is 30.6 Å². The molecule has 8 heteroatoms. The first-order valence-corrected chi connectivity index (χ1v) is 7.75. The number of rotatable bonds is 3. The third-order valence-electron chi connectivity index (χ3n) is 4.47. The highest BCUT2D eigenvalue weighted by Gasteiger charge is 2.35. The highest BCUT2D eigenvalue weighted by atomic mass is 19.1. The number of hydrogen-bond acceptors (Lipinski definition) is 4. The second-order valence-corrected chi connectivity index (χ2v) is 6.07. The fourth-order valence-corrected chi connectivity index (χ4v) is 3.23. The summed E-state index contributed by atoms with van der Waals surface area (Å²) in [6.07, 6.45) is 3.72. The molecule has 124 valence electrons. The van der Waals surface area contributed by atoms with Gasteiger partial charge in [-0.3, -0.25) is 14.6 Å². The zero-order valence-corrected chi connectivity index (χ0v) is 13.1. The normalized spacial score (nSPS) is 20.6. The van der Waals surface area contributed by atoms with Gasteiger partial charge < -0.3 is 10.6 Å². The quantitative estimate of drug-likeness (QED) is 0.678. The van der Waals surface area contributed by atoms with Crippen LogP contribution in [-0.4, -0.2) is 39.0 Å². The van der Waals surface area contributed by atoms with E-state index in [4.69, 9.17) is 0 Å². The van der Waals surface area contributed by atoms with Gasteiger partial charge in [-0.1, -0.05) is 0 Å². The van der Waals surface area contributed by atoms with E-state index < -0.39 is 0 Å². The van der Waals surface area contributed by atoms with E-state index in [2.05, 4.69) is 25.9 Å². The molecule has 1 amide bonds. The van der Waals surface area contributed by atoms with E-state index in [1.807, 2.05) is 13.2 Å². The third-order valence-corrected chi connectivity index (χ3v) is 4.47. The number of H-pyrrole nitrogens is 1. The number of nitrogens with one attached hydrogen (secondary N) is 3. The molecule has 3 N–H and O–H groups in total. The summed E-state index contributed by atoms with van der Waals surface area (Å²) in [5.74, 6) is -0.317. The van der Waals surface area contributed by atoms with Crippen LogP contribution >= 0.6 is 0 Å². The Kier molecular flexibility index (Phi) is 3.53. The van der Waals surface area contributed by atoms with Crippen LogP contribution in [0, 0.1) is 11.7 Å². The highest BCUT2D eigenvalue weighted by molar-refractivity contribution is 6.00. The fraction of sp³-hybridized carbons (Fsp3) is 0.312. The molecule has 1 aliphatic rings. The minimum absolute atomic E-state index is 0.0562. The Morgan fingerprint density at radius 2 is 2.29 bits per heavy atom. The summed E-state index contributed by atoms with van der Waals surface area (Å²) in [7, 11) is 1.85. The topological polar surface area (TPSA) is 87.6 Å². The van der Waals surface area contributed by atoms with Gasteiger partial charge in [0.15, 0.2) is 5.82 Å². The van der Waals surface area contributed by atoms with Gasteiger partial charge in [0.2, 0.25) is 5.91 Å². The zero-order chi connectivity index (χ0) is 16.7. The molecular weight excluding hydrogens is 311 g/mol. The summed E-state index contributed by atoms with van der Waals surface area (Å²) in [4.78, 5) is 12.7. The largest absolute Gasteiger partial charge is 0.315 e. The first kappa shape index (κ1) is 14.8. The van der Waals surface area contributed by atoms with Crippen molar-refractivity contribution in [1.29, 1.82) is 0 Å². The SMILES string of the molecule is Cn1cc([C@H]2CNC[C@@H]2C(=O)Nc2n[nH]c3ccc(F)cc23)cn1. The van der Waals surface area contributed by atoms with Crippen molar-refractivity contribution >= 4 is 22.6 Å². The second-order valence-electron chi connectivity index (χ2n) is 6.07. The van der Waals surface area contributed by atoms with E-state index in [9.17, 15) is 9.18 Å². The van der Waals surface area contributed by atoms with E-state index in [-0.39, 0.29) is 23.6 Å². The number of halogens is 1. The lowest BCUT2D eigenvalue weighted by atomic mass is 9.90. The first-order valence-electron chi connectivity index (χ1n) is 7.75. The number of anilines is 1. The molecule has 0 unspecified atom stereocenters. The first-order chi connectivity index (χ1) is 11.6. The second kappa shape index (κ2) is 5.72. The molecule has 2 aromatic heterocycles. The maximum Gasteiger partial charge on any atom is 0.230 e. The molecule has 3 aromatic rings. The van der Waals surface area contributed by atoms with Crippen molar-refractivity contribution in [1.82, 2.24) is 25.3 Å². The van der Waals surface area contributed by atoms with Crippen molar-refractivity contribution in [3.8, 4) is 0 Å². The molecule has 0 radical (unpaired) electrons. The van der Waals surface area contributed by atoms with E-state index >= 15 is 0 Å². The van der Waals surface area contributed by atoms with Gasteiger partial charge in [0.25, 0.3) is 0 Å². The summed E-state index contributed by atoms with van der Waals surface area (Å²) < 4.78 is 15.2. The molecule has 0 aliphatic carbocycles. The van der Waals surface area contributed by atoms with Crippen molar-refractivity contribution < 1.29 is 9.18 Å². The van der Waals surface area contributed by atoms with Crippen LogP contribution < -0.4 is 10.6 Å². The fourth-order valence-electron chi connectivity index (χ4n) is 3.23. The zero-order valence-electron chi connectivity index (χ0n) is 13.1. The average Bonchev–Trinajstić information content (AvgIpc) is 3.27. The molecule has 1 aromatic carbocycles. The number of benzene rings is 1. The van der Waals surface area contributed by atoms with Crippen molar-refractivity contribution in [2.24, 2.45) is 13.0 Å². The number of carbonyl (C=O) groups is 1. The van der Waals surface area contributed by atoms with Crippen LogP contribution in [0.1, 0.15) is 11.5 Å². The monoisotopic (exact) mass is 328 g/mol. The molecule has 1 aliphatic heterocycles. The van der Waals surface area contributed by atoms with Crippen molar-refractivity contribution in [3.05, 3.63) is 42.0 Å². The molecular formula is C16H17FN6O. The minimum Gasteiger partial charge on any atom is -0.315 e. The number of carbonyl (C=O) groups excluding carboxylic acids is 1. The van der Waals surface area contributed by atoms with Crippen LogP contribution in [-0.2, 0) is 11.8 Å². The molecule has 0 bridgehead atoms. The molecule has 1 saturated heterocycles. The van der Waals surface area contributed by atoms with Gasteiger partial charge in [-0.2, -0.15) is 10.2 Å². The summed E-state index contributed by atoms with van der Waals surface area (Å²) in [6.45, 7) is 1.31. The Balaban J connectivity index is 1.57. The number of nitrogens with zero attached hydrogens (tertiary/aromatic N) is 3. The van der Waals surface area contributed by atoms with E-state index in [0.717, 1.165) is 12.1 Å². The molecule has 0 saturated carbocycles.